The molecule has 1 saturated heterocycles. The first-order valence-electron chi connectivity index (χ1n) is 9.87. The Hall–Kier alpha value is -2.75. The van der Waals surface area contributed by atoms with Gasteiger partial charge >= 0.3 is 6.03 Å². The number of imide groups is 1. The van der Waals surface area contributed by atoms with Crippen LogP contribution in [0.4, 0.5) is 9.93 Å². The van der Waals surface area contributed by atoms with E-state index in [4.69, 9.17) is 4.42 Å². The van der Waals surface area contributed by atoms with Crippen LogP contribution in [0.3, 0.4) is 0 Å². The second kappa shape index (κ2) is 8.73. The van der Waals surface area contributed by atoms with Crippen LogP contribution in [0, 0.1) is 0 Å². The van der Waals surface area contributed by atoms with Gasteiger partial charge in [-0.25, -0.2) is 4.79 Å². The van der Waals surface area contributed by atoms with Gasteiger partial charge in [0, 0.05) is 12.3 Å². The van der Waals surface area contributed by atoms with E-state index < -0.39 is 12.1 Å². The first-order valence-corrected chi connectivity index (χ1v) is 10.7. The Morgan fingerprint density at radius 3 is 2.86 bits per heavy atom. The first kappa shape index (κ1) is 19.6. The van der Waals surface area contributed by atoms with E-state index in [-0.39, 0.29) is 31.2 Å². The molecule has 2 N–H and O–H groups in total. The maximum Gasteiger partial charge on any atom is 0.325 e. The minimum Gasteiger partial charge on any atom is -0.467 e. The molecule has 2 aromatic heterocycles. The number of nitrogens with one attached hydrogen (secondary N) is 2. The lowest BCUT2D eigenvalue weighted by molar-refractivity contribution is -0.128. The smallest absolute Gasteiger partial charge is 0.325 e. The van der Waals surface area contributed by atoms with Crippen molar-refractivity contribution in [3.05, 3.63) is 29.2 Å². The third kappa shape index (κ3) is 4.64. The third-order valence-corrected chi connectivity index (χ3v) is 6.30. The number of amides is 4. The Kier molecular flexibility index (Phi) is 5.89. The molecule has 1 aliphatic heterocycles. The molecule has 29 heavy (non-hydrogen) atoms. The van der Waals surface area contributed by atoms with Gasteiger partial charge in [-0.3, -0.25) is 14.5 Å². The van der Waals surface area contributed by atoms with Gasteiger partial charge in [-0.05, 0) is 31.4 Å². The summed E-state index contributed by atoms with van der Waals surface area (Å²) in [6.07, 6.45) is 7.76. The Morgan fingerprint density at radius 2 is 2.10 bits per heavy atom. The zero-order chi connectivity index (χ0) is 20.2. The molecule has 0 spiro atoms. The highest BCUT2D eigenvalue weighted by Gasteiger charge is 2.38. The molecule has 1 aliphatic carbocycles. The number of anilines is 1. The van der Waals surface area contributed by atoms with Gasteiger partial charge in [-0.2, -0.15) is 0 Å². The van der Waals surface area contributed by atoms with Gasteiger partial charge < -0.3 is 15.1 Å². The quantitative estimate of drug-likeness (QED) is 0.669. The van der Waals surface area contributed by atoms with Crippen molar-refractivity contribution >= 4 is 34.3 Å². The molecule has 0 radical (unpaired) electrons. The molecule has 0 bridgehead atoms. The fourth-order valence-corrected chi connectivity index (χ4v) is 4.67. The number of nitrogens with zero attached hydrogens (tertiary/aromatic N) is 3. The van der Waals surface area contributed by atoms with Crippen LogP contribution in [0.15, 0.2) is 22.8 Å². The number of hydrogen-bond donors (Lipinski definition) is 2. The Labute approximate surface area is 171 Å². The van der Waals surface area contributed by atoms with E-state index >= 15 is 0 Å². The van der Waals surface area contributed by atoms with Crippen molar-refractivity contribution < 1.29 is 18.8 Å². The van der Waals surface area contributed by atoms with E-state index in [0.29, 0.717) is 16.8 Å². The molecule has 3 heterocycles. The zero-order valence-corrected chi connectivity index (χ0v) is 16.7. The third-order valence-electron chi connectivity index (χ3n) is 5.30. The minimum atomic E-state index is -0.713. The van der Waals surface area contributed by atoms with Gasteiger partial charge in [0.2, 0.25) is 11.0 Å². The SMILES string of the molecule is O=C(CC[C@H]1NC(=O)N(Cc2ccco2)C1=O)Nc1nnc(C2CCCCC2)s1. The summed E-state index contributed by atoms with van der Waals surface area (Å²) in [5, 5.41) is 15.1. The van der Waals surface area contributed by atoms with Crippen LogP contribution in [0.25, 0.3) is 0 Å². The first-order chi connectivity index (χ1) is 14.1. The fraction of sp³-hybridized carbons (Fsp3) is 0.526. The Morgan fingerprint density at radius 1 is 1.28 bits per heavy atom. The predicted molar refractivity (Wildman–Crippen MR) is 105 cm³/mol. The molecule has 1 saturated carbocycles. The normalized spacial score (nSPS) is 20.1. The van der Waals surface area contributed by atoms with Crippen molar-refractivity contribution in [3.63, 3.8) is 0 Å². The number of hydrogen-bond acceptors (Lipinski definition) is 7. The summed E-state index contributed by atoms with van der Waals surface area (Å²) >= 11 is 1.42. The molecule has 0 aromatic carbocycles. The van der Waals surface area contributed by atoms with Crippen LogP contribution in [0.2, 0.25) is 0 Å². The summed E-state index contributed by atoms with van der Waals surface area (Å²) in [7, 11) is 0. The molecule has 4 amide bonds. The maximum absolute atomic E-state index is 12.4. The fourth-order valence-electron chi connectivity index (χ4n) is 3.74. The molecule has 1 atom stereocenters. The lowest BCUT2D eigenvalue weighted by Gasteiger charge is -2.18. The van der Waals surface area contributed by atoms with Crippen LogP contribution >= 0.6 is 11.3 Å². The van der Waals surface area contributed by atoms with E-state index in [9.17, 15) is 14.4 Å². The summed E-state index contributed by atoms with van der Waals surface area (Å²) < 4.78 is 5.19. The van der Waals surface area contributed by atoms with E-state index in [2.05, 4.69) is 20.8 Å². The maximum atomic E-state index is 12.4. The number of rotatable bonds is 7. The van der Waals surface area contributed by atoms with Gasteiger partial charge in [0.15, 0.2) is 0 Å². The average molecular weight is 417 g/mol. The molecule has 2 aliphatic rings. The van der Waals surface area contributed by atoms with E-state index in [0.717, 1.165) is 22.7 Å². The molecule has 0 unspecified atom stereocenters. The standard InChI is InChI=1S/C19H23N5O4S/c25-15(21-18-23-22-16(29-18)12-5-2-1-3-6-12)9-8-14-17(26)24(19(27)20-14)11-13-7-4-10-28-13/h4,7,10,12,14H,1-3,5-6,8-9,11H2,(H,20,27)(H,21,23,25)/t14-/m1/s1. The highest BCUT2D eigenvalue weighted by atomic mass is 32.1. The molecule has 154 valence electrons. The van der Waals surface area contributed by atoms with Gasteiger partial charge in [-0.1, -0.05) is 30.6 Å². The van der Waals surface area contributed by atoms with Crippen molar-refractivity contribution in [2.24, 2.45) is 0 Å². The average Bonchev–Trinajstić information content (AvgIpc) is 3.46. The van der Waals surface area contributed by atoms with Crippen LogP contribution in [-0.4, -0.2) is 39.0 Å². The van der Waals surface area contributed by atoms with Crippen molar-refractivity contribution in [1.29, 1.82) is 0 Å². The summed E-state index contributed by atoms with van der Waals surface area (Å²) in [5.74, 6) is 0.368. The molecular weight excluding hydrogens is 394 g/mol. The summed E-state index contributed by atoms with van der Waals surface area (Å²) in [6, 6.07) is 2.21. The summed E-state index contributed by atoms with van der Waals surface area (Å²) in [4.78, 5) is 37.8. The molecule has 2 aromatic rings. The predicted octanol–water partition coefficient (Wildman–Crippen LogP) is 3.02. The molecule has 2 fully saturated rings. The van der Waals surface area contributed by atoms with Gasteiger partial charge in [0.05, 0.1) is 12.8 Å². The van der Waals surface area contributed by atoms with Gasteiger partial charge in [0.1, 0.15) is 16.8 Å². The second-order valence-electron chi connectivity index (χ2n) is 7.37. The minimum absolute atomic E-state index is 0.0785. The Bertz CT molecular complexity index is 875. The highest BCUT2D eigenvalue weighted by Crippen LogP contribution is 2.35. The van der Waals surface area contributed by atoms with Gasteiger partial charge in [-0.15, -0.1) is 10.2 Å². The Balaban J connectivity index is 1.26. The number of aromatic nitrogens is 2. The molecule has 4 rings (SSSR count). The van der Waals surface area contributed by atoms with Crippen LogP contribution < -0.4 is 10.6 Å². The van der Waals surface area contributed by atoms with Crippen LogP contribution in [-0.2, 0) is 16.1 Å². The highest BCUT2D eigenvalue weighted by molar-refractivity contribution is 7.15. The van der Waals surface area contributed by atoms with E-state index in [1.54, 1.807) is 12.1 Å². The van der Waals surface area contributed by atoms with Crippen LogP contribution in [0.1, 0.15) is 61.6 Å². The molecule has 10 heteroatoms. The van der Waals surface area contributed by atoms with Crippen LogP contribution in [0.5, 0.6) is 0 Å². The van der Waals surface area contributed by atoms with Crippen molar-refractivity contribution in [2.45, 2.75) is 63.5 Å². The van der Waals surface area contributed by atoms with Crippen molar-refractivity contribution in [1.82, 2.24) is 20.4 Å². The lowest BCUT2D eigenvalue weighted by Crippen LogP contribution is -2.31. The number of furan rings is 1. The van der Waals surface area contributed by atoms with Crippen molar-refractivity contribution in [2.75, 3.05) is 5.32 Å². The lowest BCUT2D eigenvalue weighted by atomic mass is 9.90. The number of urea groups is 1. The second-order valence-corrected chi connectivity index (χ2v) is 8.38. The zero-order valence-electron chi connectivity index (χ0n) is 15.9. The number of carbonyl (C=O) groups excluding carboxylic acids is 3. The summed E-state index contributed by atoms with van der Waals surface area (Å²) in [5.41, 5.74) is 0. The van der Waals surface area contributed by atoms with Crippen molar-refractivity contribution in [3.8, 4) is 0 Å². The van der Waals surface area contributed by atoms with Gasteiger partial charge in [0.25, 0.3) is 5.91 Å². The summed E-state index contributed by atoms with van der Waals surface area (Å²) in [6.45, 7) is 0.0785. The topological polar surface area (TPSA) is 117 Å². The number of carbonyl (C=O) groups is 3. The monoisotopic (exact) mass is 417 g/mol. The van der Waals surface area contributed by atoms with E-state index in [1.807, 2.05) is 0 Å². The molecule has 9 nitrogen and oxygen atoms in total. The molecular formula is C19H23N5O4S. The van der Waals surface area contributed by atoms with E-state index in [1.165, 1.54) is 36.9 Å². The largest absolute Gasteiger partial charge is 0.467 e.